The van der Waals surface area contributed by atoms with Crippen LogP contribution in [-0.2, 0) is 30.5 Å². The molecule has 1 aromatic heterocycles. The van der Waals surface area contributed by atoms with Crippen LogP contribution in [0.2, 0.25) is 0 Å². The SMILES string of the molecule is Nc1cc(C(=O)NC(Cc2ccc(OCCCc3ccc4c(n3)CCCC4)cc2)C(=O)O)ccc1O. The first-order valence-corrected chi connectivity index (χ1v) is 12.2. The number of nitrogens with two attached hydrogens (primary N) is 1. The molecule has 0 saturated carbocycles. The van der Waals surface area contributed by atoms with Crippen LogP contribution in [0.5, 0.6) is 11.5 Å². The number of nitrogens with zero attached hydrogens (tertiary/aromatic N) is 1. The summed E-state index contributed by atoms with van der Waals surface area (Å²) in [6.45, 7) is 0.557. The number of aromatic nitrogens is 1. The quantitative estimate of drug-likeness (QED) is 0.194. The van der Waals surface area contributed by atoms with Crippen molar-refractivity contribution in [1.82, 2.24) is 10.3 Å². The van der Waals surface area contributed by atoms with Crippen LogP contribution in [-0.4, -0.2) is 39.7 Å². The number of aliphatic carboxylic acids is 1. The number of carboxylic acids is 1. The number of ether oxygens (including phenoxy) is 1. The van der Waals surface area contributed by atoms with Crippen LogP contribution in [0.1, 0.15) is 52.1 Å². The Morgan fingerprint density at radius 2 is 1.83 bits per heavy atom. The summed E-state index contributed by atoms with van der Waals surface area (Å²) in [4.78, 5) is 29.0. The Bertz CT molecular complexity index is 1230. The lowest BCUT2D eigenvalue weighted by Gasteiger charge is -2.16. The monoisotopic (exact) mass is 489 g/mol. The first kappa shape index (κ1) is 25.0. The number of nitrogens with one attached hydrogen (secondary N) is 1. The second kappa shape index (κ2) is 11.6. The van der Waals surface area contributed by atoms with Crippen molar-refractivity contribution in [1.29, 1.82) is 0 Å². The molecule has 1 heterocycles. The number of carbonyl (C=O) groups is 2. The van der Waals surface area contributed by atoms with Crippen LogP contribution in [0, 0.1) is 0 Å². The van der Waals surface area contributed by atoms with Crippen LogP contribution in [0.15, 0.2) is 54.6 Å². The van der Waals surface area contributed by atoms with Gasteiger partial charge in [0.25, 0.3) is 5.91 Å². The average molecular weight is 490 g/mol. The first-order chi connectivity index (χ1) is 17.4. The summed E-state index contributed by atoms with van der Waals surface area (Å²) in [6, 6.07) is 14.4. The molecular weight excluding hydrogens is 458 g/mol. The second-order valence-corrected chi connectivity index (χ2v) is 9.05. The van der Waals surface area contributed by atoms with E-state index in [1.807, 2.05) is 0 Å². The fourth-order valence-electron chi connectivity index (χ4n) is 4.30. The minimum atomic E-state index is -1.15. The molecule has 1 unspecified atom stereocenters. The maximum absolute atomic E-state index is 12.5. The summed E-state index contributed by atoms with van der Waals surface area (Å²) in [5.41, 5.74) is 10.3. The van der Waals surface area contributed by atoms with Gasteiger partial charge in [-0.15, -0.1) is 0 Å². The predicted molar refractivity (Wildman–Crippen MR) is 136 cm³/mol. The lowest BCUT2D eigenvalue weighted by Crippen LogP contribution is -2.42. The van der Waals surface area contributed by atoms with Gasteiger partial charge in [-0.05, 0) is 86.1 Å². The van der Waals surface area contributed by atoms with Crippen molar-refractivity contribution < 1.29 is 24.5 Å². The van der Waals surface area contributed by atoms with E-state index in [0.29, 0.717) is 12.4 Å². The zero-order valence-electron chi connectivity index (χ0n) is 20.1. The maximum Gasteiger partial charge on any atom is 0.326 e. The zero-order chi connectivity index (χ0) is 25.5. The van der Waals surface area contributed by atoms with E-state index in [1.165, 1.54) is 42.3 Å². The third-order valence-electron chi connectivity index (χ3n) is 6.34. The number of amides is 1. The highest BCUT2D eigenvalue weighted by atomic mass is 16.5. The number of aryl methyl sites for hydroxylation is 3. The third kappa shape index (κ3) is 6.53. The standard InChI is InChI=1S/C28H31N3O5/c29-23-17-20(10-14-26(23)32)27(33)31-25(28(34)35)16-18-7-12-22(13-8-18)36-15-3-5-21-11-9-19-4-1-2-6-24(19)30-21/h7-14,17,25,32H,1-6,15-16,29H2,(H,31,33)(H,34,35). The van der Waals surface area contributed by atoms with Crippen molar-refractivity contribution in [3.63, 3.8) is 0 Å². The molecule has 8 nitrogen and oxygen atoms in total. The number of hydrogen-bond acceptors (Lipinski definition) is 6. The Labute approximate surface area is 210 Å². The summed E-state index contributed by atoms with van der Waals surface area (Å²) in [5, 5.41) is 21.6. The second-order valence-electron chi connectivity index (χ2n) is 9.05. The van der Waals surface area contributed by atoms with Crippen molar-refractivity contribution in [3.8, 4) is 11.5 Å². The highest BCUT2D eigenvalue weighted by Crippen LogP contribution is 2.21. The van der Waals surface area contributed by atoms with Gasteiger partial charge < -0.3 is 26.0 Å². The number of aromatic hydroxyl groups is 1. The van der Waals surface area contributed by atoms with Gasteiger partial charge in [0.15, 0.2) is 0 Å². The van der Waals surface area contributed by atoms with Crippen molar-refractivity contribution in [2.45, 2.75) is 51.0 Å². The number of hydrogen-bond donors (Lipinski definition) is 4. The molecule has 0 saturated heterocycles. The molecule has 0 bridgehead atoms. The number of phenolic OH excluding ortho intramolecular Hbond substituents is 1. The van der Waals surface area contributed by atoms with Crippen molar-refractivity contribution >= 4 is 17.6 Å². The molecule has 188 valence electrons. The van der Waals surface area contributed by atoms with Gasteiger partial charge in [-0.3, -0.25) is 9.78 Å². The molecule has 1 atom stereocenters. The van der Waals surface area contributed by atoms with E-state index in [0.717, 1.165) is 36.9 Å². The van der Waals surface area contributed by atoms with Crippen LogP contribution in [0.25, 0.3) is 0 Å². The molecule has 2 aromatic carbocycles. The predicted octanol–water partition coefficient (Wildman–Crippen LogP) is 3.69. The van der Waals surface area contributed by atoms with E-state index in [-0.39, 0.29) is 23.4 Å². The van der Waals surface area contributed by atoms with Gasteiger partial charge in [-0.2, -0.15) is 0 Å². The number of rotatable bonds is 10. The highest BCUT2D eigenvalue weighted by molar-refractivity contribution is 5.97. The fraction of sp³-hybridized carbons (Fsp3) is 0.321. The maximum atomic E-state index is 12.5. The Morgan fingerprint density at radius 3 is 2.58 bits per heavy atom. The van der Waals surface area contributed by atoms with Gasteiger partial charge in [0, 0.05) is 23.4 Å². The van der Waals surface area contributed by atoms with Crippen molar-refractivity contribution in [2.24, 2.45) is 0 Å². The molecule has 1 aliphatic carbocycles. The van der Waals surface area contributed by atoms with Gasteiger partial charge in [0.2, 0.25) is 0 Å². The molecule has 4 rings (SSSR count). The number of benzene rings is 2. The molecule has 5 N–H and O–H groups in total. The largest absolute Gasteiger partial charge is 0.506 e. The molecule has 8 heteroatoms. The van der Waals surface area contributed by atoms with Crippen LogP contribution in [0.4, 0.5) is 5.69 Å². The Hall–Kier alpha value is -4.07. The van der Waals surface area contributed by atoms with Gasteiger partial charge in [0.05, 0.1) is 12.3 Å². The minimum Gasteiger partial charge on any atom is -0.506 e. The van der Waals surface area contributed by atoms with Gasteiger partial charge in [-0.25, -0.2) is 4.79 Å². The Kier molecular flexibility index (Phi) is 8.05. The van der Waals surface area contributed by atoms with Crippen molar-refractivity contribution in [2.75, 3.05) is 12.3 Å². The average Bonchev–Trinajstić information content (AvgIpc) is 2.88. The van der Waals surface area contributed by atoms with Crippen molar-refractivity contribution in [3.05, 3.63) is 82.7 Å². The van der Waals surface area contributed by atoms with Crippen LogP contribution in [0.3, 0.4) is 0 Å². The van der Waals surface area contributed by atoms with E-state index >= 15 is 0 Å². The summed E-state index contributed by atoms with van der Waals surface area (Å²) >= 11 is 0. The molecule has 0 radical (unpaired) electrons. The molecule has 0 aliphatic heterocycles. The van der Waals surface area contributed by atoms with Crippen LogP contribution < -0.4 is 15.8 Å². The normalized spacial score (nSPS) is 13.4. The summed E-state index contributed by atoms with van der Waals surface area (Å²) in [6.07, 6.45) is 6.50. The van der Waals surface area contributed by atoms with E-state index < -0.39 is 17.9 Å². The molecule has 0 fully saturated rings. The lowest BCUT2D eigenvalue weighted by molar-refractivity contribution is -0.139. The van der Waals surface area contributed by atoms with Crippen LogP contribution >= 0.6 is 0 Å². The van der Waals surface area contributed by atoms with Gasteiger partial charge >= 0.3 is 5.97 Å². The summed E-state index contributed by atoms with van der Waals surface area (Å²) in [5.74, 6) is -1.17. The van der Waals surface area contributed by atoms with E-state index in [1.54, 1.807) is 24.3 Å². The molecule has 1 aliphatic rings. The molecule has 0 spiro atoms. The number of fused-ring (bicyclic) bond motifs is 1. The minimum absolute atomic E-state index is 0.0454. The molecule has 3 aromatic rings. The topological polar surface area (TPSA) is 135 Å². The van der Waals surface area contributed by atoms with Gasteiger partial charge in [0.1, 0.15) is 17.5 Å². The summed E-state index contributed by atoms with van der Waals surface area (Å²) < 4.78 is 5.84. The van der Waals surface area contributed by atoms with E-state index in [9.17, 15) is 19.8 Å². The number of carbonyl (C=O) groups excluding carboxylic acids is 1. The highest BCUT2D eigenvalue weighted by Gasteiger charge is 2.21. The smallest absolute Gasteiger partial charge is 0.326 e. The zero-order valence-corrected chi connectivity index (χ0v) is 20.1. The Morgan fingerprint density at radius 1 is 1.06 bits per heavy atom. The van der Waals surface area contributed by atoms with E-state index in [2.05, 4.69) is 17.4 Å². The number of phenols is 1. The number of carboxylic acid groups (broad SMARTS) is 1. The Balaban J connectivity index is 1.26. The fourth-order valence-corrected chi connectivity index (χ4v) is 4.30. The molecular formula is C28H31N3O5. The van der Waals surface area contributed by atoms with E-state index in [4.69, 9.17) is 15.5 Å². The molecule has 1 amide bonds. The lowest BCUT2D eigenvalue weighted by atomic mass is 9.95. The van der Waals surface area contributed by atoms with Gasteiger partial charge in [-0.1, -0.05) is 18.2 Å². The molecule has 36 heavy (non-hydrogen) atoms. The first-order valence-electron chi connectivity index (χ1n) is 12.2. The number of anilines is 1. The number of nitrogen functional groups attached to an aromatic ring is 1. The summed E-state index contributed by atoms with van der Waals surface area (Å²) in [7, 11) is 0. The number of pyridine rings is 1. The third-order valence-corrected chi connectivity index (χ3v) is 6.34.